The summed E-state index contributed by atoms with van der Waals surface area (Å²) in [7, 11) is 0. The molecule has 0 aromatic rings. The Balaban J connectivity index is 2.19. The third-order valence-electron chi connectivity index (χ3n) is 2.25. The molecule has 64 valence electrons. The molecule has 2 fully saturated rings. The van der Waals surface area contributed by atoms with Crippen molar-refractivity contribution in [3.05, 3.63) is 0 Å². The van der Waals surface area contributed by atoms with Crippen LogP contribution in [0.4, 0.5) is 4.79 Å². The van der Waals surface area contributed by atoms with Gasteiger partial charge in [0.25, 0.3) is 5.91 Å². The van der Waals surface area contributed by atoms with Gasteiger partial charge in [0.15, 0.2) is 0 Å². The van der Waals surface area contributed by atoms with E-state index in [1.165, 1.54) is 0 Å². The molecule has 1 saturated heterocycles. The second kappa shape index (κ2) is 2.06. The van der Waals surface area contributed by atoms with Crippen molar-refractivity contribution in [2.75, 3.05) is 6.54 Å². The van der Waals surface area contributed by atoms with Gasteiger partial charge in [0.1, 0.15) is 11.8 Å². The molecule has 2 rings (SSSR count). The molecule has 1 heterocycles. The first-order valence-corrected chi connectivity index (χ1v) is 3.77. The summed E-state index contributed by atoms with van der Waals surface area (Å²) < 4.78 is 0. The molecule has 3 amide bonds. The number of hydrogen-bond acceptors (Lipinski definition) is 3. The Morgan fingerprint density at radius 3 is 2.58 bits per heavy atom. The van der Waals surface area contributed by atoms with Crippen molar-refractivity contribution in [1.82, 2.24) is 10.2 Å². The highest BCUT2D eigenvalue weighted by Gasteiger charge is 2.59. The van der Waals surface area contributed by atoms with Crippen LogP contribution in [0, 0.1) is 0 Å². The van der Waals surface area contributed by atoms with Crippen molar-refractivity contribution in [3.63, 3.8) is 0 Å². The smallest absolute Gasteiger partial charge is 0.323 e. The van der Waals surface area contributed by atoms with Crippen molar-refractivity contribution < 1.29 is 14.4 Å². The summed E-state index contributed by atoms with van der Waals surface area (Å²) in [6.07, 6.45) is 1.96. The Kier molecular flexibility index (Phi) is 1.25. The van der Waals surface area contributed by atoms with E-state index in [-0.39, 0.29) is 12.5 Å². The molecule has 1 N–H and O–H groups in total. The fourth-order valence-corrected chi connectivity index (χ4v) is 1.38. The van der Waals surface area contributed by atoms with Crippen LogP contribution in [0.5, 0.6) is 0 Å². The van der Waals surface area contributed by atoms with Crippen LogP contribution in [0.1, 0.15) is 12.8 Å². The van der Waals surface area contributed by atoms with Crippen molar-refractivity contribution in [1.29, 1.82) is 0 Å². The largest absolute Gasteiger partial charge is 0.325 e. The molecule has 5 nitrogen and oxygen atoms in total. The number of amides is 3. The van der Waals surface area contributed by atoms with Gasteiger partial charge in [0.2, 0.25) is 0 Å². The summed E-state index contributed by atoms with van der Waals surface area (Å²) in [6, 6.07) is -0.440. The number of carbonyl (C=O) groups is 3. The zero-order valence-electron chi connectivity index (χ0n) is 6.37. The molecule has 5 heteroatoms. The summed E-state index contributed by atoms with van der Waals surface area (Å²) in [5.74, 6) is -0.250. The summed E-state index contributed by atoms with van der Waals surface area (Å²) >= 11 is 0. The van der Waals surface area contributed by atoms with Crippen LogP contribution < -0.4 is 5.32 Å². The maximum atomic E-state index is 11.4. The summed E-state index contributed by atoms with van der Waals surface area (Å²) in [5.41, 5.74) is -0.625. The molecular weight excluding hydrogens is 160 g/mol. The minimum Gasteiger partial charge on any atom is -0.323 e. The molecule has 2 aliphatic rings. The van der Waals surface area contributed by atoms with Crippen LogP contribution >= 0.6 is 0 Å². The number of hydrogen-bond donors (Lipinski definition) is 1. The lowest BCUT2D eigenvalue weighted by atomic mass is 10.3. The van der Waals surface area contributed by atoms with Crippen LogP contribution in [-0.2, 0) is 9.59 Å². The lowest BCUT2D eigenvalue weighted by Gasteiger charge is -2.06. The topological polar surface area (TPSA) is 66.5 Å². The van der Waals surface area contributed by atoms with E-state index < -0.39 is 11.6 Å². The van der Waals surface area contributed by atoms with Gasteiger partial charge in [0.05, 0.1) is 6.54 Å². The number of urea groups is 1. The van der Waals surface area contributed by atoms with E-state index in [1.807, 2.05) is 0 Å². The quantitative estimate of drug-likeness (QED) is 0.436. The Hall–Kier alpha value is -1.39. The Morgan fingerprint density at radius 2 is 2.17 bits per heavy atom. The molecule has 0 unspecified atom stereocenters. The van der Waals surface area contributed by atoms with Crippen LogP contribution in [0.3, 0.4) is 0 Å². The van der Waals surface area contributed by atoms with Crippen molar-refractivity contribution in [2.24, 2.45) is 0 Å². The second-order valence-corrected chi connectivity index (χ2v) is 3.09. The van der Waals surface area contributed by atoms with E-state index in [0.717, 1.165) is 4.90 Å². The van der Waals surface area contributed by atoms with Gasteiger partial charge in [-0.1, -0.05) is 0 Å². The van der Waals surface area contributed by atoms with Crippen molar-refractivity contribution in [2.45, 2.75) is 18.4 Å². The highest BCUT2D eigenvalue weighted by molar-refractivity contribution is 6.09. The Bertz CT molecular complexity index is 270. The van der Waals surface area contributed by atoms with Gasteiger partial charge in [-0.25, -0.2) is 4.79 Å². The van der Waals surface area contributed by atoms with Gasteiger partial charge in [-0.15, -0.1) is 0 Å². The highest BCUT2D eigenvalue weighted by Crippen LogP contribution is 2.40. The fraction of sp³-hybridized carbons (Fsp3) is 0.571. The molecule has 0 atom stereocenters. The predicted octanol–water partition coefficient (Wildman–Crippen LogP) is -0.730. The number of rotatable bonds is 2. The minimum absolute atomic E-state index is 0.133. The first-order valence-electron chi connectivity index (χ1n) is 3.77. The average molecular weight is 168 g/mol. The zero-order valence-corrected chi connectivity index (χ0v) is 6.37. The minimum atomic E-state index is -0.625. The van der Waals surface area contributed by atoms with E-state index in [9.17, 15) is 14.4 Å². The van der Waals surface area contributed by atoms with Crippen molar-refractivity contribution in [3.8, 4) is 0 Å². The van der Waals surface area contributed by atoms with E-state index in [0.29, 0.717) is 19.1 Å². The molecule has 1 saturated carbocycles. The molecule has 1 aliphatic heterocycles. The molecule has 12 heavy (non-hydrogen) atoms. The van der Waals surface area contributed by atoms with Gasteiger partial charge in [0, 0.05) is 0 Å². The third kappa shape index (κ3) is 0.760. The van der Waals surface area contributed by atoms with Crippen molar-refractivity contribution >= 4 is 18.2 Å². The van der Waals surface area contributed by atoms with Crippen LogP contribution in [0.15, 0.2) is 0 Å². The number of imide groups is 1. The predicted molar refractivity (Wildman–Crippen MR) is 38.3 cm³/mol. The van der Waals surface area contributed by atoms with Crippen LogP contribution in [0.2, 0.25) is 0 Å². The first kappa shape index (κ1) is 7.27. The number of carbonyl (C=O) groups excluding carboxylic acids is 3. The summed E-state index contributed by atoms with van der Waals surface area (Å²) in [4.78, 5) is 33.5. The van der Waals surface area contributed by atoms with E-state index in [4.69, 9.17) is 0 Å². The monoisotopic (exact) mass is 168 g/mol. The molecule has 0 aromatic heterocycles. The number of nitrogens with one attached hydrogen (secondary N) is 1. The fourth-order valence-electron chi connectivity index (χ4n) is 1.38. The summed E-state index contributed by atoms with van der Waals surface area (Å²) in [5, 5.41) is 2.57. The first-order chi connectivity index (χ1) is 5.69. The average Bonchev–Trinajstić information content (AvgIpc) is 2.75. The zero-order chi connectivity index (χ0) is 8.77. The molecule has 0 radical (unpaired) electrons. The van der Waals surface area contributed by atoms with Crippen LogP contribution in [-0.4, -0.2) is 35.2 Å². The summed E-state index contributed by atoms with van der Waals surface area (Å²) in [6.45, 7) is -0.133. The van der Waals surface area contributed by atoms with E-state index in [2.05, 4.69) is 5.32 Å². The lowest BCUT2D eigenvalue weighted by molar-refractivity contribution is -0.129. The van der Waals surface area contributed by atoms with Gasteiger partial charge in [-0.2, -0.15) is 0 Å². The number of nitrogens with zero attached hydrogens (tertiary/aromatic N) is 1. The van der Waals surface area contributed by atoms with Gasteiger partial charge in [-0.3, -0.25) is 9.69 Å². The standard InChI is InChI=1S/C7H8N2O3/c10-4-3-9-5(11)7(1-2-7)8-6(9)12/h4H,1-3H2,(H,8,12). The van der Waals surface area contributed by atoms with Gasteiger partial charge in [-0.05, 0) is 12.8 Å². The molecule has 0 aromatic carbocycles. The molecule has 1 spiro atoms. The lowest BCUT2D eigenvalue weighted by Crippen LogP contribution is -2.33. The molecule has 0 bridgehead atoms. The van der Waals surface area contributed by atoms with E-state index >= 15 is 0 Å². The Morgan fingerprint density at radius 1 is 1.50 bits per heavy atom. The van der Waals surface area contributed by atoms with E-state index in [1.54, 1.807) is 0 Å². The third-order valence-corrected chi connectivity index (χ3v) is 2.25. The SMILES string of the molecule is O=CCN1C(=O)NC2(CC2)C1=O. The highest BCUT2D eigenvalue weighted by atomic mass is 16.2. The maximum Gasteiger partial charge on any atom is 0.325 e. The van der Waals surface area contributed by atoms with Gasteiger partial charge < -0.3 is 10.1 Å². The normalized spacial score (nSPS) is 24.5. The second-order valence-electron chi connectivity index (χ2n) is 3.09. The number of aldehydes is 1. The maximum absolute atomic E-state index is 11.4. The molecular formula is C7H8N2O3. The Labute approximate surface area is 68.7 Å². The molecule has 1 aliphatic carbocycles. The van der Waals surface area contributed by atoms with Crippen LogP contribution in [0.25, 0.3) is 0 Å². The van der Waals surface area contributed by atoms with Gasteiger partial charge >= 0.3 is 6.03 Å².